The number of nitrogens with zero attached hydrogens (tertiary/aromatic N) is 2. The number of pyridine rings is 1. The molecule has 7 heteroatoms. The van der Waals surface area contributed by atoms with E-state index in [4.69, 9.17) is 9.47 Å². The molecule has 0 amide bonds. The van der Waals surface area contributed by atoms with Crippen LogP contribution in [0.1, 0.15) is 15.9 Å². The van der Waals surface area contributed by atoms with Gasteiger partial charge in [-0.25, -0.2) is 9.89 Å². The smallest absolute Gasteiger partial charge is 0.341 e. The normalized spacial score (nSPS) is 16.0. The zero-order valence-electron chi connectivity index (χ0n) is 13.0. The van der Waals surface area contributed by atoms with Crippen LogP contribution in [0, 0.1) is 0 Å². The van der Waals surface area contributed by atoms with Gasteiger partial charge in [0.2, 0.25) is 0 Å². The van der Waals surface area contributed by atoms with Crippen LogP contribution in [0.25, 0.3) is 11.3 Å². The molecule has 0 aromatic heterocycles. The summed E-state index contributed by atoms with van der Waals surface area (Å²) in [6, 6.07) is 7.89. The number of rotatable bonds is 3. The molecule has 0 aliphatic carbocycles. The Morgan fingerprint density at radius 3 is 3.04 bits per heavy atom. The summed E-state index contributed by atoms with van der Waals surface area (Å²) in [7, 11) is 1.30. The second-order valence-corrected chi connectivity index (χ2v) is 5.73. The molecule has 1 atom stereocenters. The molecule has 0 bridgehead atoms. The molecule has 0 saturated heterocycles. The zero-order valence-corrected chi connectivity index (χ0v) is 13.0. The molecule has 0 unspecified atom stereocenters. The molecule has 0 radical (unpaired) electrons. The van der Waals surface area contributed by atoms with Crippen molar-refractivity contribution in [2.75, 3.05) is 7.11 Å². The maximum absolute atomic E-state index is 12.0. The summed E-state index contributed by atoms with van der Waals surface area (Å²) in [4.78, 5) is 23.9. The van der Waals surface area contributed by atoms with Gasteiger partial charge in [-0.3, -0.25) is 4.79 Å². The summed E-state index contributed by atoms with van der Waals surface area (Å²) >= 11 is 0. The number of aromatic amines is 1. The number of fused-ring (bicyclic) bond motifs is 2. The average Bonchev–Trinajstić information content (AvgIpc) is 3.17. The summed E-state index contributed by atoms with van der Waals surface area (Å²) in [5.74, 6) is 0.349. The average molecular weight is 325 g/mol. The highest BCUT2D eigenvalue weighted by Gasteiger charge is 2.25. The minimum Gasteiger partial charge on any atom is -0.488 e. The maximum atomic E-state index is 12.0. The van der Waals surface area contributed by atoms with Crippen molar-refractivity contribution < 1.29 is 14.3 Å². The van der Waals surface area contributed by atoms with Crippen molar-refractivity contribution >= 4 is 5.97 Å². The number of carbonyl (C=O) groups is 1. The Bertz CT molecular complexity index is 918. The fraction of sp³-hybridized carbons (Fsp3) is 0.235. The molecule has 3 aliphatic rings. The van der Waals surface area contributed by atoms with Crippen molar-refractivity contribution in [3.8, 4) is 17.0 Å². The van der Waals surface area contributed by atoms with E-state index in [1.165, 1.54) is 7.11 Å². The quantitative estimate of drug-likeness (QED) is 0.737. The highest BCUT2D eigenvalue weighted by molar-refractivity contribution is 5.95. The number of para-hydroxylation sites is 1. The molecule has 1 N–H and O–H groups in total. The predicted octanol–water partition coefficient (Wildman–Crippen LogP) is 1.47. The lowest BCUT2D eigenvalue weighted by Crippen LogP contribution is -2.22. The summed E-state index contributed by atoms with van der Waals surface area (Å²) < 4.78 is 12.5. The molecule has 24 heavy (non-hydrogen) atoms. The lowest BCUT2D eigenvalue weighted by molar-refractivity contribution is 0.0599. The summed E-state index contributed by atoms with van der Waals surface area (Å²) in [6.45, 7) is 0.513. The Hall–Kier alpha value is -3.09. The van der Waals surface area contributed by atoms with Gasteiger partial charge in [0, 0.05) is 18.8 Å². The first-order chi connectivity index (χ1) is 11.7. The number of H-pyrrole nitrogens is 1. The maximum Gasteiger partial charge on any atom is 0.341 e. The largest absolute Gasteiger partial charge is 0.488 e. The van der Waals surface area contributed by atoms with Gasteiger partial charge in [-0.2, -0.15) is 5.10 Å². The number of aromatic nitrogens is 3. The summed E-state index contributed by atoms with van der Waals surface area (Å²) in [6.07, 6.45) is 4.04. The van der Waals surface area contributed by atoms with Gasteiger partial charge in [0.05, 0.1) is 19.2 Å². The first kappa shape index (κ1) is 14.5. The van der Waals surface area contributed by atoms with Crippen LogP contribution in [0.2, 0.25) is 0 Å². The van der Waals surface area contributed by atoms with E-state index in [9.17, 15) is 9.59 Å². The molecular weight excluding hydrogens is 310 g/mol. The Balaban J connectivity index is 1.68. The number of hydrogen-bond donors (Lipinski definition) is 1. The monoisotopic (exact) mass is 325 g/mol. The lowest BCUT2D eigenvalue weighted by Gasteiger charge is -2.16. The van der Waals surface area contributed by atoms with E-state index in [0.29, 0.717) is 17.8 Å². The van der Waals surface area contributed by atoms with E-state index in [2.05, 4.69) is 10.2 Å². The molecule has 1 aromatic rings. The van der Waals surface area contributed by atoms with Crippen molar-refractivity contribution in [1.29, 1.82) is 0 Å². The van der Waals surface area contributed by atoms with E-state index in [0.717, 1.165) is 17.7 Å². The number of carbonyl (C=O) groups excluding carboxylic acids is 1. The van der Waals surface area contributed by atoms with E-state index in [-0.39, 0.29) is 17.2 Å². The summed E-state index contributed by atoms with van der Waals surface area (Å²) in [5, 5.41) is 6.28. The molecule has 4 rings (SSSR count). The van der Waals surface area contributed by atoms with Crippen molar-refractivity contribution in [2.24, 2.45) is 0 Å². The van der Waals surface area contributed by atoms with Gasteiger partial charge in [-0.1, -0.05) is 18.2 Å². The minimum absolute atomic E-state index is 0.0580. The number of benzene rings is 1. The Kier molecular flexibility index (Phi) is 3.34. The molecule has 0 fully saturated rings. The van der Waals surface area contributed by atoms with Gasteiger partial charge in [0.1, 0.15) is 23.1 Å². The van der Waals surface area contributed by atoms with E-state index in [1.807, 2.05) is 24.3 Å². The van der Waals surface area contributed by atoms with Gasteiger partial charge in [0.15, 0.2) is 0 Å². The van der Waals surface area contributed by atoms with Crippen molar-refractivity contribution in [2.45, 2.75) is 19.1 Å². The first-order valence-electron chi connectivity index (χ1n) is 7.57. The van der Waals surface area contributed by atoms with Crippen LogP contribution < -0.4 is 10.3 Å². The summed E-state index contributed by atoms with van der Waals surface area (Å²) in [5.41, 5.74) is 1.75. The predicted molar refractivity (Wildman–Crippen MR) is 85.4 cm³/mol. The number of esters is 1. The fourth-order valence-corrected chi connectivity index (χ4v) is 3.05. The fourth-order valence-electron chi connectivity index (χ4n) is 3.05. The topological polar surface area (TPSA) is 86.2 Å². The standard InChI is InChI=1S/C17H15N3O4/c1-23-17(22)13-9-20(8-12-15(13)18-19-16(12)21)7-11-6-10-4-2-3-5-14(10)24-11/h2-5,8-9,11H,6-7H2,1H3,(H,19,21)/t11-/m0/s1. The van der Waals surface area contributed by atoms with Crippen LogP contribution in [-0.2, 0) is 17.7 Å². The third-order valence-electron chi connectivity index (χ3n) is 4.15. The van der Waals surface area contributed by atoms with Gasteiger partial charge in [-0.15, -0.1) is 0 Å². The highest BCUT2D eigenvalue weighted by atomic mass is 16.5. The van der Waals surface area contributed by atoms with E-state index in [1.54, 1.807) is 17.0 Å². The van der Waals surface area contributed by atoms with Crippen molar-refractivity contribution in [3.05, 3.63) is 58.1 Å². The Labute approximate surface area is 137 Å². The van der Waals surface area contributed by atoms with Crippen molar-refractivity contribution in [1.82, 2.24) is 14.8 Å². The van der Waals surface area contributed by atoms with E-state index < -0.39 is 5.97 Å². The molecule has 3 heterocycles. The molecule has 3 aliphatic heterocycles. The third kappa shape index (κ3) is 2.34. The molecule has 7 nitrogen and oxygen atoms in total. The minimum atomic E-state index is -0.531. The van der Waals surface area contributed by atoms with Crippen LogP contribution in [0.5, 0.6) is 5.75 Å². The Morgan fingerprint density at radius 1 is 1.42 bits per heavy atom. The first-order valence-corrected chi connectivity index (χ1v) is 7.57. The van der Waals surface area contributed by atoms with Gasteiger partial charge >= 0.3 is 5.97 Å². The second kappa shape index (κ2) is 5.52. The third-order valence-corrected chi connectivity index (χ3v) is 4.15. The van der Waals surface area contributed by atoms with Crippen LogP contribution in [0.3, 0.4) is 0 Å². The van der Waals surface area contributed by atoms with Crippen LogP contribution in [0.4, 0.5) is 0 Å². The van der Waals surface area contributed by atoms with Crippen molar-refractivity contribution in [3.63, 3.8) is 0 Å². The van der Waals surface area contributed by atoms with Gasteiger partial charge < -0.3 is 14.0 Å². The Morgan fingerprint density at radius 2 is 2.25 bits per heavy atom. The highest BCUT2D eigenvalue weighted by Crippen LogP contribution is 2.29. The van der Waals surface area contributed by atoms with Crippen LogP contribution in [-0.4, -0.2) is 33.9 Å². The molecule has 1 aromatic carbocycles. The number of hydrogen-bond acceptors (Lipinski definition) is 5. The molecule has 0 spiro atoms. The zero-order chi connectivity index (χ0) is 16.7. The number of nitrogens with one attached hydrogen (secondary N) is 1. The van der Waals surface area contributed by atoms with Crippen LogP contribution >= 0.6 is 0 Å². The SMILES string of the molecule is COC(=O)c1cn(C[C@@H]2Cc3ccccc3O2)cc2c(=O)[nH]nc1-2. The number of methoxy groups -OCH3 is 1. The lowest BCUT2D eigenvalue weighted by atomic mass is 10.1. The van der Waals surface area contributed by atoms with E-state index >= 15 is 0 Å². The second-order valence-electron chi connectivity index (χ2n) is 5.73. The van der Waals surface area contributed by atoms with Gasteiger partial charge in [0.25, 0.3) is 5.56 Å². The van der Waals surface area contributed by atoms with Crippen LogP contribution in [0.15, 0.2) is 41.5 Å². The molecule has 0 saturated carbocycles. The molecule has 122 valence electrons. The molecular formula is C17H15N3O4. The van der Waals surface area contributed by atoms with Gasteiger partial charge in [-0.05, 0) is 11.6 Å². The number of ether oxygens (including phenoxy) is 2.